The van der Waals surface area contributed by atoms with E-state index in [0.29, 0.717) is 12.0 Å². The Labute approximate surface area is 146 Å². The highest BCUT2D eigenvalue weighted by molar-refractivity contribution is 7.81. The molecule has 0 aliphatic carbocycles. The average Bonchev–Trinajstić information content (AvgIpc) is 2.54. The van der Waals surface area contributed by atoms with Crippen molar-refractivity contribution >= 4 is 30.3 Å². The summed E-state index contributed by atoms with van der Waals surface area (Å²) in [5.74, 6) is -0.529. The van der Waals surface area contributed by atoms with Gasteiger partial charge in [0.25, 0.3) is 0 Å². The van der Waals surface area contributed by atoms with E-state index in [2.05, 4.69) is 24.5 Å². The number of hydrogen-bond acceptors (Lipinski definition) is 3. The summed E-state index contributed by atoms with van der Waals surface area (Å²) in [7, 11) is 1.62. The Morgan fingerprint density at radius 1 is 1.65 bits per heavy atom. The van der Waals surface area contributed by atoms with Crippen LogP contribution in [0.1, 0.15) is 18.9 Å². The molecule has 1 aromatic rings. The first-order valence-electron chi connectivity index (χ1n) is 7.12. The maximum atomic E-state index is 13.4. The van der Waals surface area contributed by atoms with Crippen molar-refractivity contribution in [3.63, 3.8) is 0 Å². The third kappa shape index (κ3) is 4.62. The Morgan fingerprint density at radius 2 is 2.30 bits per heavy atom. The number of nitrogens with zero attached hydrogens (tertiary/aromatic N) is 1. The van der Waals surface area contributed by atoms with Crippen molar-refractivity contribution in [2.45, 2.75) is 30.7 Å². The number of urea groups is 1. The van der Waals surface area contributed by atoms with Crippen molar-refractivity contribution in [1.29, 1.82) is 0 Å². The maximum absolute atomic E-state index is 13.4. The molecule has 0 aliphatic rings. The number of nitrogens with one attached hydrogen (secondary N) is 1. The summed E-state index contributed by atoms with van der Waals surface area (Å²) in [6.45, 7) is 5.42. The molecule has 0 spiro atoms. The summed E-state index contributed by atoms with van der Waals surface area (Å²) in [5, 5.41) is 11.6. The highest BCUT2D eigenvalue weighted by atomic mass is 35.5. The SMILES string of the molecule is C=CC[C@](C)(C(S)CO)N(C)C(=O)NCc1cccc(F)c1Cl. The molecule has 2 N–H and O–H groups in total. The summed E-state index contributed by atoms with van der Waals surface area (Å²) < 4.78 is 13.4. The molecule has 23 heavy (non-hydrogen) atoms. The lowest BCUT2D eigenvalue weighted by Crippen LogP contribution is -2.56. The number of carbonyl (C=O) groups excluding carboxylic acids is 1. The van der Waals surface area contributed by atoms with E-state index in [1.807, 2.05) is 6.92 Å². The fourth-order valence-electron chi connectivity index (χ4n) is 2.19. The highest BCUT2D eigenvalue weighted by Gasteiger charge is 2.37. The van der Waals surface area contributed by atoms with Gasteiger partial charge in [-0.25, -0.2) is 9.18 Å². The molecule has 0 aromatic heterocycles. The van der Waals surface area contributed by atoms with Crippen LogP contribution < -0.4 is 5.32 Å². The minimum absolute atomic E-state index is 0.00765. The van der Waals surface area contributed by atoms with Crippen LogP contribution in [-0.4, -0.2) is 40.5 Å². The summed E-state index contributed by atoms with van der Waals surface area (Å²) in [4.78, 5) is 13.9. The molecular weight excluding hydrogens is 339 g/mol. The summed E-state index contributed by atoms with van der Waals surface area (Å²) in [6, 6.07) is 4.06. The average molecular weight is 361 g/mol. The first-order chi connectivity index (χ1) is 10.8. The third-order valence-corrected chi connectivity index (χ3v) is 5.12. The Hall–Kier alpha value is -1.24. The first kappa shape index (κ1) is 19.8. The molecule has 0 saturated carbocycles. The van der Waals surface area contributed by atoms with Gasteiger partial charge in [0.05, 0.1) is 17.2 Å². The number of amides is 2. The number of thiol groups is 1. The van der Waals surface area contributed by atoms with Crippen LogP contribution in [-0.2, 0) is 6.54 Å². The van der Waals surface area contributed by atoms with Gasteiger partial charge in [0.2, 0.25) is 0 Å². The second-order valence-corrected chi connectivity index (χ2v) is 6.48. The fourth-order valence-corrected chi connectivity index (χ4v) is 2.66. The van der Waals surface area contributed by atoms with Crippen LogP contribution in [0.5, 0.6) is 0 Å². The van der Waals surface area contributed by atoms with Crippen molar-refractivity contribution in [3.8, 4) is 0 Å². The molecule has 0 aliphatic heterocycles. The fraction of sp³-hybridized carbons (Fsp3) is 0.438. The number of rotatable bonds is 7. The van der Waals surface area contributed by atoms with E-state index in [-0.39, 0.29) is 24.2 Å². The largest absolute Gasteiger partial charge is 0.395 e. The van der Waals surface area contributed by atoms with Gasteiger partial charge in [0.15, 0.2) is 0 Å². The lowest BCUT2D eigenvalue weighted by Gasteiger charge is -2.41. The molecule has 1 aromatic carbocycles. The number of carbonyl (C=O) groups is 1. The van der Waals surface area contributed by atoms with Gasteiger partial charge in [-0.15, -0.1) is 6.58 Å². The predicted molar refractivity (Wildman–Crippen MR) is 94.5 cm³/mol. The summed E-state index contributed by atoms with van der Waals surface area (Å²) in [6.07, 6.45) is 2.14. The molecule has 7 heteroatoms. The number of aliphatic hydroxyl groups excluding tert-OH is 1. The normalized spacial score (nSPS) is 14.7. The van der Waals surface area contributed by atoms with Crippen LogP contribution in [0.2, 0.25) is 5.02 Å². The Bertz CT molecular complexity index is 573. The van der Waals surface area contributed by atoms with Gasteiger partial charge in [-0.05, 0) is 25.0 Å². The van der Waals surface area contributed by atoms with E-state index < -0.39 is 16.6 Å². The number of halogens is 2. The second kappa shape index (κ2) is 8.57. The molecule has 0 saturated heterocycles. The van der Waals surface area contributed by atoms with E-state index in [9.17, 15) is 14.3 Å². The van der Waals surface area contributed by atoms with Crippen LogP contribution >= 0.6 is 24.2 Å². The van der Waals surface area contributed by atoms with Crippen molar-refractivity contribution in [1.82, 2.24) is 10.2 Å². The third-order valence-electron chi connectivity index (χ3n) is 3.98. The van der Waals surface area contributed by atoms with Crippen molar-refractivity contribution in [2.75, 3.05) is 13.7 Å². The van der Waals surface area contributed by atoms with E-state index in [1.54, 1.807) is 19.2 Å². The first-order valence-corrected chi connectivity index (χ1v) is 8.01. The van der Waals surface area contributed by atoms with Gasteiger partial charge in [0, 0.05) is 18.8 Å². The smallest absolute Gasteiger partial charge is 0.317 e. The van der Waals surface area contributed by atoms with E-state index >= 15 is 0 Å². The molecule has 2 atom stereocenters. The van der Waals surface area contributed by atoms with Crippen molar-refractivity contribution in [2.24, 2.45) is 0 Å². The number of aliphatic hydroxyl groups is 1. The van der Waals surface area contributed by atoms with E-state index in [4.69, 9.17) is 11.6 Å². The minimum Gasteiger partial charge on any atom is -0.395 e. The molecule has 0 radical (unpaired) electrons. The van der Waals surface area contributed by atoms with Crippen LogP contribution in [0.4, 0.5) is 9.18 Å². The molecule has 2 amide bonds. The van der Waals surface area contributed by atoms with Crippen LogP contribution in [0.3, 0.4) is 0 Å². The van der Waals surface area contributed by atoms with Crippen LogP contribution in [0.25, 0.3) is 0 Å². The Morgan fingerprint density at radius 3 is 2.87 bits per heavy atom. The number of hydrogen-bond donors (Lipinski definition) is 3. The van der Waals surface area contributed by atoms with Crippen LogP contribution in [0.15, 0.2) is 30.9 Å². The van der Waals surface area contributed by atoms with Gasteiger partial charge in [-0.1, -0.05) is 29.8 Å². The summed E-state index contributed by atoms with van der Waals surface area (Å²) >= 11 is 10.2. The molecular formula is C16H22ClFN2O2S. The van der Waals surface area contributed by atoms with Gasteiger partial charge in [0.1, 0.15) is 5.82 Å². The monoisotopic (exact) mass is 360 g/mol. The highest BCUT2D eigenvalue weighted by Crippen LogP contribution is 2.27. The van der Waals surface area contributed by atoms with Crippen LogP contribution in [0, 0.1) is 5.82 Å². The molecule has 0 fully saturated rings. The van der Waals surface area contributed by atoms with Gasteiger partial charge < -0.3 is 15.3 Å². The maximum Gasteiger partial charge on any atom is 0.317 e. The van der Waals surface area contributed by atoms with Gasteiger partial charge >= 0.3 is 6.03 Å². The van der Waals surface area contributed by atoms with Crippen molar-refractivity contribution in [3.05, 3.63) is 47.3 Å². The lowest BCUT2D eigenvalue weighted by molar-refractivity contribution is 0.125. The molecule has 1 unspecified atom stereocenters. The second-order valence-electron chi connectivity index (χ2n) is 5.48. The zero-order valence-electron chi connectivity index (χ0n) is 13.2. The molecule has 128 valence electrons. The van der Waals surface area contributed by atoms with Gasteiger partial charge in [-0.2, -0.15) is 12.6 Å². The zero-order chi connectivity index (χ0) is 17.6. The lowest BCUT2D eigenvalue weighted by atomic mass is 9.91. The molecule has 4 nitrogen and oxygen atoms in total. The van der Waals surface area contributed by atoms with Gasteiger partial charge in [-0.3, -0.25) is 0 Å². The van der Waals surface area contributed by atoms with E-state index in [1.165, 1.54) is 17.0 Å². The quantitative estimate of drug-likeness (QED) is 0.516. The number of benzene rings is 1. The molecule has 1 rings (SSSR count). The Kier molecular flexibility index (Phi) is 7.38. The molecule has 0 bridgehead atoms. The minimum atomic E-state index is -0.713. The Balaban J connectivity index is 2.83. The topological polar surface area (TPSA) is 52.6 Å². The van der Waals surface area contributed by atoms with E-state index in [0.717, 1.165) is 0 Å². The predicted octanol–water partition coefficient (Wildman–Crippen LogP) is 3.25. The standard InChI is InChI=1S/C16H22ClFN2O2S/c1-4-8-16(2,13(23)10-21)20(3)15(22)19-9-11-6-5-7-12(18)14(11)17/h4-7,13,21,23H,1,8-10H2,2-3H3,(H,19,22)/t13?,16-/m1/s1. The molecule has 0 heterocycles. The van der Waals surface area contributed by atoms with Crippen molar-refractivity contribution < 1.29 is 14.3 Å². The zero-order valence-corrected chi connectivity index (χ0v) is 14.9. The summed E-state index contributed by atoms with van der Waals surface area (Å²) in [5.41, 5.74) is -0.224.